The molecule has 0 unspecified atom stereocenters. The maximum Gasteiger partial charge on any atom is 0.141 e. The zero-order valence-electron chi connectivity index (χ0n) is 12.5. The Morgan fingerprint density at radius 2 is 2.00 bits per heavy atom. The highest BCUT2D eigenvalue weighted by molar-refractivity contribution is 5.56. The van der Waals surface area contributed by atoms with Gasteiger partial charge in [0.05, 0.1) is 18.1 Å². The molecule has 0 atom stereocenters. The third-order valence-corrected chi connectivity index (χ3v) is 3.50. The smallest absolute Gasteiger partial charge is 0.141 e. The van der Waals surface area contributed by atoms with Crippen molar-refractivity contribution < 1.29 is 4.39 Å². The van der Waals surface area contributed by atoms with Gasteiger partial charge >= 0.3 is 0 Å². The van der Waals surface area contributed by atoms with E-state index < -0.39 is 0 Å². The summed E-state index contributed by atoms with van der Waals surface area (Å²) in [6.45, 7) is 9.64. The summed E-state index contributed by atoms with van der Waals surface area (Å²) in [7, 11) is 0. The van der Waals surface area contributed by atoms with Crippen molar-refractivity contribution in [2.45, 2.75) is 40.7 Å². The van der Waals surface area contributed by atoms with Gasteiger partial charge in [0.15, 0.2) is 0 Å². The third kappa shape index (κ3) is 3.44. The Labute approximate surface area is 119 Å². The van der Waals surface area contributed by atoms with Gasteiger partial charge in [0.1, 0.15) is 5.82 Å². The van der Waals surface area contributed by atoms with Gasteiger partial charge in [-0.2, -0.15) is 5.10 Å². The minimum absolute atomic E-state index is 0.176. The van der Waals surface area contributed by atoms with Gasteiger partial charge in [-0.15, -0.1) is 0 Å². The van der Waals surface area contributed by atoms with Crippen molar-refractivity contribution in [1.82, 2.24) is 14.8 Å². The summed E-state index contributed by atoms with van der Waals surface area (Å²) >= 11 is 0. The summed E-state index contributed by atoms with van der Waals surface area (Å²) in [4.78, 5) is 4.07. The van der Waals surface area contributed by atoms with Crippen molar-refractivity contribution in [3.8, 4) is 11.3 Å². The van der Waals surface area contributed by atoms with Gasteiger partial charge in [-0.05, 0) is 24.0 Å². The van der Waals surface area contributed by atoms with Gasteiger partial charge in [0.2, 0.25) is 0 Å². The number of pyridine rings is 1. The van der Waals surface area contributed by atoms with Gasteiger partial charge in [-0.1, -0.05) is 27.7 Å². The molecule has 0 spiro atoms. The molecule has 0 aliphatic heterocycles. The van der Waals surface area contributed by atoms with Gasteiger partial charge < -0.3 is 0 Å². The van der Waals surface area contributed by atoms with Crippen LogP contribution in [0.25, 0.3) is 11.3 Å². The lowest BCUT2D eigenvalue weighted by Gasteiger charge is -2.29. The lowest BCUT2D eigenvalue weighted by Crippen LogP contribution is -2.22. The lowest BCUT2D eigenvalue weighted by molar-refractivity contribution is 0.366. The van der Waals surface area contributed by atoms with Crippen molar-refractivity contribution >= 4 is 0 Å². The second-order valence-electron chi connectivity index (χ2n) is 6.00. The molecular weight excluding hydrogens is 253 g/mol. The number of halogens is 1. The maximum atomic E-state index is 12.9. The molecule has 0 aromatic carbocycles. The van der Waals surface area contributed by atoms with E-state index in [0.29, 0.717) is 0 Å². The summed E-state index contributed by atoms with van der Waals surface area (Å²) in [6.07, 6.45) is 6.00. The zero-order chi connectivity index (χ0) is 14.8. The molecule has 2 heterocycles. The Bertz CT molecular complexity index is 552. The molecule has 107 valence electrons. The van der Waals surface area contributed by atoms with Crippen LogP contribution >= 0.6 is 0 Å². The van der Waals surface area contributed by atoms with Crippen LogP contribution in [0, 0.1) is 17.2 Å². The highest BCUT2D eigenvalue weighted by Crippen LogP contribution is 2.32. The Morgan fingerprint density at radius 1 is 1.25 bits per heavy atom. The fourth-order valence-electron chi connectivity index (χ4n) is 2.20. The highest BCUT2D eigenvalue weighted by Gasteiger charge is 2.24. The molecule has 2 rings (SSSR count). The Kier molecular flexibility index (Phi) is 4.21. The molecule has 0 N–H and O–H groups in total. The van der Waals surface area contributed by atoms with E-state index >= 15 is 0 Å². The predicted octanol–water partition coefficient (Wildman–Crippen LogP) is 4.11. The van der Waals surface area contributed by atoms with Crippen LogP contribution < -0.4 is 0 Å². The van der Waals surface area contributed by atoms with Crippen molar-refractivity contribution in [3.05, 3.63) is 42.5 Å². The number of nitrogens with zero attached hydrogens (tertiary/aromatic N) is 3. The molecule has 2 aromatic heterocycles. The first-order valence-corrected chi connectivity index (χ1v) is 6.89. The SMILES string of the molecule is CC[C](Cn1cc(-c2ccc(F)cn2)cn1)C(C)(C)C. The van der Waals surface area contributed by atoms with Crippen LogP contribution in [0.5, 0.6) is 0 Å². The molecule has 4 heteroatoms. The van der Waals surface area contributed by atoms with Gasteiger partial charge in [0, 0.05) is 24.2 Å². The second kappa shape index (κ2) is 5.73. The van der Waals surface area contributed by atoms with Crippen molar-refractivity contribution in [2.75, 3.05) is 0 Å². The van der Waals surface area contributed by atoms with Crippen LogP contribution in [0.1, 0.15) is 34.1 Å². The molecule has 1 radical (unpaired) electrons. The zero-order valence-corrected chi connectivity index (χ0v) is 12.5. The molecule has 20 heavy (non-hydrogen) atoms. The van der Waals surface area contributed by atoms with Crippen LogP contribution in [-0.4, -0.2) is 14.8 Å². The van der Waals surface area contributed by atoms with E-state index in [1.807, 2.05) is 10.9 Å². The van der Waals surface area contributed by atoms with Gasteiger partial charge in [-0.25, -0.2) is 4.39 Å². The molecule has 3 nitrogen and oxygen atoms in total. The predicted molar refractivity (Wildman–Crippen MR) is 78.4 cm³/mol. The van der Waals surface area contributed by atoms with E-state index in [9.17, 15) is 4.39 Å². The fourth-order valence-corrected chi connectivity index (χ4v) is 2.20. The lowest BCUT2D eigenvalue weighted by atomic mass is 9.79. The van der Waals surface area contributed by atoms with Crippen molar-refractivity contribution in [3.63, 3.8) is 0 Å². The van der Waals surface area contributed by atoms with Crippen molar-refractivity contribution in [2.24, 2.45) is 5.41 Å². The van der Waals surface area contributed by atoms with Crippen molar-refractivity contribution in [1.29, 1.82) is 0 Å². The van der Waals surface area contributed by atoms with Crippen LogP contribution in [0.3, 0.4) is 0 Å². The molecule has 0 fully saturated rings. The van der Waals surface area contributed by atoms with Crippen LogP contribution in [-0.2, 0) is 6.54 Å². The molecule has 2 aromatic rings. The van der Waals surface area contributed by atoms with Crippen LogP contribution in [0.15, 0.2) is 30.7 Å². The summed E-state index contributed by atoms with van der Waals surface area (Å²) < 4.78 is 14.8. The van der Waals surface area contributed by atoms with Gasteiger partial charge in [-0.3, -0.25) is 9.67 Å². The van der Waals surface area contributed by atoms with Gasteiger partial charge in [0.25, 0.3) is 0 Å². The summed E-state index contributed by atoms with van der Waals surface area (Å²) in [5, 5.41) is 4.38. The number of hydrogen-bond acceptors (Lipinski definition) is 2. The summed E-state index contributed by atoms with van der Waals surface area (Å²) in [5.41, 5.74) is 1.83. The van der Waals surface area contributed by atoms with E-state index in [2.05, 4.69) is 37.8 Å². The first-order chi connectivity index (χ1) is 9.40. The number of hydrogen-bond donors (Lipinski definition) is 0. The number of rotatable bonds is 4. The fraction of sp³-hybridized carbons (Fsp3) is 0.438. The summed E-state index contributed by atoms with van der Waals surface area (Å²) in [6, 6.07) is 3.09. The Hall–Kier alpha value is -1.71. The first-order valence-electron chi connectivity index (χ1n) is 6.89. The van der Waals surface area contributed by atoms with E-state index in [1.165, 1.54) is 18.2 Å². The largest absolute Gasteiger partial charge is 0.271 e. The monoisotopic (exact) mass is 274 g/mol. The van der Waals surface area contributed by atoms with E-state index in [1.54, 1.807) is 12.3 Å². The first kappa shape index (κ1) is 14.7. The molecule has 0 aliphatic rings. The molecule has 0 amide bonds. The maximum absolute atomic E-state index is 12.9. The van der Waals surface area contributed by atoms with Crippen LogP contribution in [0.2, 0.25) is 0 Å². The minimum Gasteiger partial charge on any atom is -0.271 e. The standard InChI is InChI=1S/C16H21FN3/c1-5-13(16(2,3)4)11-20-10-12(8-19-20)15-7-6-14(17)9-18-15/h6-10H,5,11H2,1-4H3. The topological polar surface area (TPSA) is 30.7 Å². The average Bonchev–Trinajstić information content (AvgIpc) is 2.84. The van der Waals surface area contributed by atoms with E-state index in [4.69, 9.17) is 0 Å². The molecule has 0 saturated heterocycles. The Morgan fingerprint density at radius 3 is 2.55 bits per heavy atom. The van der Waals surface area contributed by atoms with E-state index in [0.717, 1.165) is 24.2 Å². The molecule has 0 saturated carbocycles. The normalized spacial score (nSPS) is 12.1. The number of aromatic nitrogens is 3. The second-order valence-corrected chi connectivity index (χ2v) is 6.00. The average molecular weight is 274 g/mol. The summed E-state index contributed by atoms with van der Waals surface area (Å²) in [5.74, 6) is 1.12. The molecular formula is C16H21FN3. The quantitative estimate of drug-likeness (QED) is 0.839. The van der Waals surface area contributed by atoms with E-state index in [-0.39, 0.29) is 11.2 Å². The Balaban J connectivity index is 2.15. The highest BCUT2D eigenvalue weighted by atomic mass is 19.1. The molecule has 0 aliphatic carbocycles. The third-order valence-electron chi connectivity index (χ3n) is 3.50. The molecule has 0 bridgehead atoms. The van der Waals surface area contributed by atoms with Crippen LogP contribution in [0.4, 0.5) is 4.39 Å². The minimum atomic E-state index is -0.324.